The Morgan fingerprint density at radius 3 is 3.06 bits per heavy atom. The molecule has 0 bridgehead atoms. The number of rotatable bonds is 2. The number of nitrogens with zero attached hydrogens (tertiary/aromatic N) is 2. The first-order valence-corrected chi connectivity index (χ1v) is 5.92. The first kappa shape index (κ1) is 11.3. The molecule has 1 fully saturated rings. The van der Waals surface area contributed by atoms with Crippen molar-refractivity contribution < 1.29 is 13.7 Å². The summed E-state index contributed by atoms with van der Waals surface area (Å²) in [6, 6.07) is 4.53. The summed E-state index contributed by atoms with van der Waals surface area (Å²) in [4.78, 5) is 4.34. The van der Waals surface area contributed by atoms with Gasteiger partial charge in [-0.3, -0.25) is 0 Å². The lowest BCUT2D eigenvalue weighted by Gasteiger charge is -2.00. The van der Waals surface area contributed by atoms with Gasteiger partial charge < -0.3 is 9.26 Å². The van der Waals surface area contributed by atoms with Crippen molar-refractivity contribution in [2.75, 3.05) is 13.2 Å². The Morgan fingerprint density at radius 2 is 2.28 bits per heavy atom. The van der Waals surface area contributed by atoms with E-state index in [0.29, 0.717) is 23.9 Å². The third-order valence-corrected chi connectivity index (χ3v) is 3.17. The summed E-state index contributed by atoms with van der Waals surface area (Å²) in [6.07, 6.45) is 0.904. The maximum absolute atomic E-state index is 13.2. The fourth-order valence-corrected chi connectivity index (χ4v) is 2.07. The van der Waals surface area contributed by atoms with Gasteiger partial charge >= 0.3 is 0 Å². The van der Waals surface area contributed by atoms with Gasteiger partial charge in [-0.25, -0.2) is 4.39 Å². The molecule has 2 aromatic rings. The lowest BCUT2D eigenvalue weighted by Crippen LogP contribution is -1.99. The molecule has 0 radical (unpaired) electrons. The molecule has 1 aromatic carbocycles. The van der Waals surface area contributed by atoms with Crippen molar-refractivity contribution in [3.8, 4) is 11.5 Å². The minimum absolute atomic E-state index is 0.191. The summed E-state index contributed by atoms with van der Waals surface area (Å²) in [5.41, 5.74) is 1.56. The van der Waals surface area contributed by atoms with Crippen molar-refractivity contribution in [1.82, 2.24) is 10.1 Å². The van der Waals surface area contributed by atoms with E-state index in [0.717, 1.165) is 18.6 Å². The Morgan fingerprint density at radius 1 is 1.39 bits per heavy atom. The molecule has 18 heavy (non-hydrogen) atoms. The predicted molar refractivity (Wildman–Crippen MR) is 62.6 cm³/mol. The molecule has 0 N–H and O–H groups in total. The zero-order chi connectivity index (χ0) is 12.5. The van der Waals surface area contributed by atoms with Gasteiger partial charge in [0.2, 0.25) is 0 Å². The van der Waals surface area contributed by atoms with Crippen LogP contribution in [0.5, 0.6) is 0 Å². The summed E-state index contributed by atoms with van der Waals surface area (Å²) in [5, 5.41) is 3.96. The molecule has 3 rings (SSSR count). The molecule has 1 aliphatic rings. The summed E-state index contributed by atoms with van der Waals surface area (Å²) in [7, 11) is 0. The molecular weight excluding hydrogens is 235 g/mol. The second-order valence-electron chi connectivity index (χ2n) is 4.48. The summed E-state index contributed by atoms with van der Waals surface area (Å²) in [5.74, 6) is 0.899. The number of hydrogen-bond donors (Lipinski definition) is 0. The van der Waals surface area contributed by atoms with Crippen molar-refractivity contribution in [2.24, 2.45) is 0 Å². The third-order valence-electron chi connectivity index (χ3n) is 3.17. The van der Waals surface area contributed by atoms with E-state index < -0.39 is 0 Å². The molecule has 1 atom stereocenters. The van der Waals surface area contributed by atoms with Gasteiger partial charge in [-0.2, -0.15) is 4.98 Å². The van der Waals surface area contributed by atoms with Gasteiger partial charge in [0, 0.05) is 18.1 Å². The summed E-state index contributed by atoms with van der Waals surface area (Å²) in [6.45, 7) is 3.24. The minimum Gasteiger partial charge on any atom is -0.381 e. The molecule has 0 unspecified atom stereocenters. The molecule has 4 nitrogen and oxygen atoms in total. The highest BCUT2D eigenvalue weighted by Crippen LogP contribution is 2.27. The van der Waals surface area contributed by atoms with Gasteiger partial charge in [0.1, 0.15) is 5.82 Å². The second kappa shape index (κ2) is 4.49. The van der Waals surface area contributed by atoms with Crippen molar-refractivity contribution in [3.05, 3.63) is 35.4 Å². The van der Waals surface area contributed by atoms with E-state index in [-0.39, 0.29) is 11.7 Å². The number of hydrogen-bond acceptors (Lipinski definition) is 4. The van der Waals surface area contributed by atoms with Gasteiger partial charge in [0.25, 0.3) is 5.89 Å². The van der Waals surface area contributed by atoms with E-state index >= 15 is 0 Å². The van der Waals surface area contributed by atoms with Gasteiger partial charge in [-0.05, 0) is 31.0 Å². The molecule has 2 heterocycles. The molecule has 1 aliphatic heterocycles. The Labute approximate surface area is 104 Å². The van der Waals surface area contributed by atoms with E-state index in [1.54, 1.807) is 6.07 Å². The first-order chi connectivity index (χ1) is 8.74. The topological polar surface area (TPSA) is 48.2 Å². The maximum atomic E-state index is 13.2. The van der Waals surface area contributed by atoms with Gasteiger partial charge in [-0.1, -0.05) is 11.2 Å². The van der Waals surface area contributed by atoms with E-state index in [4.69, 9.17) is 9.26 Å². The van der Waals surface area contributed by atoms with Crippen LogP contribution in [0.15, 0.2) is 22.7 Å². The Balaban J connectivity index is 1.94. The van der Waals surface area contributed by atoms with Crippen LogP contribution in [0.4, 0.5) is 4.39 Å². The average Bonchev–Trinajstić information content (AvgIpc) is 3.00. The van der Waals surface area contributed by atoms with Crippen LogP contribution in [0.3, 0.4) is 0 Å². The average molecular weight is 248 g/mol. The smallest absolute Gasteiger partial charge is 0.258 e. The fourth-order valence-electron chi connectivity index (χ4n) is 2.07. The van der Waals surface area contributed by atoms with Crippen LogP contribution < -0.4 is 0 Å². The maximum Gasteiger partial charge on any atom is 0.258 e. The third kappa shape index (κ3) is 2.01. The van der Waals surface area contributed by atoms with E-state index in [2.05, 4.69) is 10.1 Å². The number of halogens is 1. The molecule has 5 heteroatoms. The number of benzene rings is 1. The largest absolute Gasteiger partial charge is 0.381 e. The van der Waals surface area contributed by atoms with Gasteiger partial charge in [0.15, 0.2) is 5.82 Å². The Bertz CT molecular complexity index is 562. The highest BCUT2D eigenvalue weighted by atomic mass is 19.1. The number of aryl methyl sites for hydroxylation is 1. The second-order valence-corrected chi connectivity index (χ2v) is 4.48. The zero-order valence-corrected chi connectivity index (χ0v) is 10.0. The minimum atomic E-state index is -0.306. The molecule has 1 saturated heterocycles. The monoisotopic (exact) mass is 248 g/mol. The molecular formula is C13H13FN2O2. The first-order valence-electron chi connectivity index (χ1n) is 5.92. The molecule has 0 amide bonds. The number of ether oxygens (including phenoxy) is 1. The standard InChI is InChI=1S/C13H13FN2O2/c1-8-2-3-10(14)6-11(8)13-15-12(16-18-13)9-4-5-17-7-9/h2-3,6,9H,4-5,7H2,1H3/t9-/m0/s1. The zero-order valence-electron chi connectivity index (χ0n) is 10.0. The van der Waals surface area contributed by atoms with Crippen molar-refractivity contribution in [1.29, 1.82) is 0 Å². The van der Waals surface area contributed by atoms with Crippen LogP contribution in [-0.2, 0) is 4.74 Å². The van der Waals surface area contributed by atoms with Crippen LogP contribution >= 0.6 is 0 Å². The predicted octanol–water partition coefficient (Wildman–Crippen LogP) is 2.69. The molecule has 0 spiro atoms. The van der Waals surface area contributed by atoms with E-state index in [1.165, 1.54) is 12.1 Å². The van der Waals surface area contributed by atoms with Crippen molar-refractivity contribution >= 4 is 0 Å². The Hall–Kier alpha value is -1.75. The number of aromatic nitrogens is 2. The van der Waals surface area contributed by atoms with Gasteiger partial charge in [0.05, 0.1) is 6.61 Å². The molecule has 0 aliphatic carbocycles. The normalized spacial score (nSPS) is 19.3. The van der Waals surface area contributed by atoms with Crippen molar-refractivity contribution in [3.63, 3.8) is 0 Å². The van der Waals surface area contributed by atoms with Crippen LogP contribution in [0.25, 0.3) is 11.5 Å². The van der Waals surface area contributed by atoms with Crippen LogP contribution in [0, 0.1) is 12.7 Å². The quantitative estimate of drug-likeness (QED) is 0.819. The fraction of sp³-hybridized carbons (Fsp3) is 0.385. The van der Waals surface area contributed by atoms with Crippen LogP contribution in [0.1, 0.15) is 23.7 Å². The van der Waals surface area contributed by atoms with E-state index in [9.17, 15) is 4.39 Å². The lowest BCUT2D eigenvalue weighted by molar-refractivity contribution is 0.192. The van der Waals surface area contributed by atoms with Crippen LogP contribution in [0.2, 0.25) is 0 Å². The van der Waals surface area contributed by atoms with Gasteiger partial charge in [-0.15, -0.1) is 0 Å². The van der Waals surface area contributed by atoms with Crippen LogP contribution in [-0.4, -0.2) is 23.4 Å². The molecule has 0 saturated carbocycles. The summed E-state index contributed by atoms with van der Waals surface area (Å²) < 4.78 is 23.7. The summed E-state index contributed by atoms with van der Waals surface area (Å²) >= 11 is 0. The lowest BCUT2D eigenvalue weighted by atomic mass is 10.1. The molecule has 1 aromatic heterocycles. The van der Waals surface area contributed by atoms with Crippen molar-refractivity contribution in [2.45, 2.75) is 19.3 Å². The highest BCUT2D eigenvalue weighted by Gasteiger charge is 2.23. The Kier molecular flexibility index (Phi) is 2.83. The molecule has 94 valence electrons. The SMILES string of the molecule is Cc1ccc(F)cc1-c1nc([C@H]2CCOC2)no1. The van der Waals surface area contributed by atoms with E-state index in [1.807, 2.05) is 6.92 Å². The highest BCUT2D eigenvalue weighted by molar-refractivity contribution is 5.58.